The first-order chi connectivity index (χ1) is 32.1. The summed E-state index contributed by atoms with van der Waals surface area (Å²) in [6.07, 6.45) is 11.4. The number of benzene rings is 7. The first-order valence-electron chi connectivity index (χ1n) is 22.7. The van der Waals surface area contributed by atoms with Crippen LogP contribution in [-0.4, -0.2) is 28.7 Å². The van der Waals surface area contributed by atoms with Gasteiger partial charge in [-0.1, -0.05) is 153 Å². The van der Waals surface area contributed by atoms with Gasteiger partial charge in [0.2, 0.25) is 0 Å². The summed E-state index contributed by atoms with van der Waals surface area (Å²) in [6.45, 7) is 4.63. The van der Waals surface area contributed by atoms with Crippen molar-refractivity contribution < 1.29 is 0 Å². The van der Waals surface area contributed by atoms with Gasteiger partial charge in [0, 0.05) is 66.7 Å². The molecule has 2 unspecified atom stereocenters. The van der Waals surface area contributed by atoms with E-state index in [0.717, 1.165) is 46.6 Å². The highest BCUT2D eigenvalue weighted by Crippen LogP contribution is 2.44. The average molecular weight is 837 g/mol. The third-order valence-corrected chi connectivity index (χ3v) is 13.5. The largest absolute Gasteiger partial charge is 0.309 e. The van der Waals surface area contributed by atoms with E-state index in [1.54, 1.807) is 0 Å². The molecule has 0 radical (unpaired) electrons. The Balaban J connectivity index is 1.18. The van der Waals surface area contributed by atoms with Gasteiger partial charge in [0.25, 0.3) is 0 Å². The topological polar surface area (TPSA) is 53.5 Å². The van der Waals surface area contributed by atoms with Crippen molar-refractivity contribution in [1.82, 2.24) is 28.7 Å². The van der Waals surface area contributed by atoms with Gasteiger partial charge < -0.3 is 13.7 Å². The van der Waals surface area contributed by atoms with Gasteiger partial charge in [-0.25, -0.2) is 15.0 Å². The van der Waals surface area contributed by atoms with Crippen LogP contribution in [0.3, 0.4) is 0 Å². The lowest BCUT2D eigenvalue weighted by atomic mass is 9.93. The van der Waals surface area contributed by atoms with Gasteiger partial charge in [-0.05, 0) is 90.4 Å². The second-order valence-corrected chi connectivity index (χ2v) is 17.8. The maximum Gasteiger partial charge on any atom is 0.164 e. The predicted octanol–water partition coefficient (Wildman–Crippen LogP) is 14.3. The molecule has 6 heteroatoms. The number of allylic oxidation sites excluding steroid dienone is 2. The number of rotatable bonds is 6. The van der Waals surface area contributed by atoms with Crippen molar-refractivity contribution in [2.45, 2.75) is 26.7 Å². The third-order valence-electron chi connectivity index (χ3n) is 13.5. The van der Waals surface area contributed by atoms with Crippen molar-refractivity contribution in [1.29, 1.82) is 0 Å². The molecule has 0 saturated carbocycles. The number of para-hydroxylation sites is 3. The number of nitrogens with zero attached hydrogens (tertiary/aromatic N) is 6. The normalized spacial score (nSPS) is 15.6. The quantitative estimate of drug-likeness (QED) is 0.168. The summed E-state index contributed by atoms with van der Waals surface area (Å²) < 4.78 is 7.47. The lowest BCUT2D eigenvalue weighted by Crippen LogP contribution is -2.08. The Hall–Kier alpha value is -8.09. The van der Waals surface area contributed by atoms with Gasteiger partial charge in [0.1, 0.15) is 0 Å². The van der Waals surface area contributed by atoms with E-state index in [0.29, 0.717) is 29.3 Å². The molecule has 11 aromatic rings. The van der Waals surface area contributed by atoms with E-state index < -0.39 is 0 Å². The molecule has 0 fully saturated rings. The number of hydrogen-bond acceptors (Lipinski definition) is 3. The summed E-state index contributed by atoms with van der Waals surface area (Å²) in [5, 5.41) is 5.02. The zero-order valence-corrected chi connectivity index (χ0v) is 36.2. The second-order valence-electron chi connectivity index (χ2n) is 17.8. The zero-order chi connectivity index (χ0) is 43.2. The highest BCUT2D eigenvalue weighted by Gasteiger charge is 2.28. The van der Waals surface area contributed by atoms with E-state index >= 15 is 0 Å². The highest BCUT2D eigenvalue weighted by molar-refractivity contribution is 6.19. The minimum absolute atomic E-state index is 0.407. The molecule has 13 rings (SSSR count). The molecule has 310 valence electrons. The Kier molecular flexibility index (Phi) is 8.50. The molecule has 0 N–H and O–H groups in total. The van der Waals surface area contributed by atoms with Crippen LogP contribution in [0.5, 0.6) is 0 Å². The van der Waals surface area contributed by atoms with E-state index in [4.69, 9.17) is 15.0 Å². The SMILES string of the molecule is CC1C=Cc2c(c3ccccc3n2-c2cc(-c3nc(-c4ccccc4)nc(-c4ccccc4)n3)cc(-n3c4c(c5ccc6c7ccccc7n(-c7ccccc7)c6c53)CC(C)C=C4)c2)C1. The fourth-order valence-electron chi connectivity index (χ4n) is 10.6. The van der Waals surface area contributed by atoms with Crippen molar-refractivity contribution in [3.63, 3.8) is 0 Å². The zero-order valence-electron chi connectivity index (χ0n) is 36.2. The van der Waals surface area contributed by atoms with Crippen molar-refractivity contribution >= 4 is 55.8 Å². The Morgan fingerprint density at radius 3 is 1.48 bits per heavy atom. The second kappa shape index (κ2) is 14.7. The fourth-order valence-corrected chi connectivity index (χ4v) is 10.6. The number of fused-ring (bicyclic) bond motifs is 10. The fraction of sp³-hybridized carbons (Fsp3) is 0.102. The van der Waals surface area contributed by atoms with E-state index in [1.807, 2.05) is 36.4 Å². The summed E-state index contributed by atoms with van der Waals surface area (Å²) in [7, 11) is 0. The maximum absolute atomic E-state index is 5.32. The Morgan fingerprint density at radius 1 is 0.385 bits per heavy atom. The van der Waals surface area contributed by atoms with E-state index in [2.05, 4.69) is 185 Å². The van der Waals surface area contributed by atoms with Crippen LogP contribution in [0.25, 0.3) is 107 Å². The molecule has 0 amide bonds. The van der Waals surface area contributed by atoms with Crippen LogP contribution in [-0.2, 0) is 12.8 Å². The molecule has 7 aromatic carbocycles. The summed E-state index contributed by atoms with van der Waals surface area (Å²) >= 11 is 0. The van der Waals surface area contributed by atoms with Crippen molar-refractivity contribution in [3.8, 4) is 51.2 Å². The molecule has 4 aromatic heterocycles. The van der Waals surface area contributed by atoms with Gasteiger partial charge in [0.15, 0.2) is 17.5 Å². The molecule has 2 aliphatic rings. The first-order valence-corrected chi connectivity index (χ1v) is 22.7. The molecular formula is C59H44N6. The maximum atomic E-state index is 5.32. The summed E-state index contributed by atoms with van der Waals surface area (Å²) in [6, 6.07) is 60.7. The Bertz CT molecular complexity index is 3680. The first kappa shape index (κ1) is 37.5. The Labute approximate surface area is 377 Å². The van der Waals surface area contributed by atoms with E-state index in [1.165, 1.54) is 66.1 Å². The van der Waals surface area contributed by atoms with Gasteiger partial charge in [-0.15, -0.1) is 0 Å². The smallest absolute Gasteiger partial charge is 0.164 e. The van der Waals surface area contributed by atoms with Crippen LogP contribution in [0.1, 0.15) is 36.4 Å². The summed E-state index contributed by atoms with van der Waals surface area (Å²) in [5.74, 6) is 2.75. The van der Waals surface area contributed by atoms with Gasteiger partial charge in [-0.2, -0.15) is 0 Å². The molecule has 0 aliphatic heterocycles. The van der Waals surface area contributed by atoms with Gasteiger partial charge in [0.05, 0.1) is 22.1 Å². The van der Waals surface area contributed by atoms with Crippen molar-refractivity contribution in [3.05, 3.63) is 205 Å². The molecule has 0 spiro atoms. The average Bonchev–Trinajstić information content (AvgIpc) is 4.00. The minimum Gasteiger partial charge on any atom is -0.309 e. The lowest BCUT2D eigenvalue weighted by Gasteiger charge is -2.20. The lowest BCUT2D eigenvalue weighted by molar-refractivity contribution is 0.717. The summed E-state index contributed by atoms with van der Waals surface area (Å²) in [4.78, 5) is 15.7. The van der Waals surface area contributed by atoms with Gasteiger partial charge in [-0.3, -0.25) is 0 Å². The van der Waals surface area contributed by atoms with Crippen LogP contribution in [0.4, 0.5) is 0 Å². The molecule has 0 bridgehead atoms. The number of aromatic nitrogens is 6. The molecule has 0 saturated heterocycles. The van der Waals surface area contributed by atoms with Crippen LogP contribution < -0.4 is 0 Å². The van der Waals surface area contributed by atoms with E-state index in [9.17, 15) is 0 Å². The van der Waals surface area contributed by atoms with Crippen molar-refractivity contribution in [2.75, 3.05) is 0 Å². The number of hydrogen-bond donors (Lipinski definition) is 0. The molecule has 4 heterocycles. The highest BCUT2D eigenvalue weighted by atomic mass is 15.1. The van der Waals surface area contributed by atoms with Crippen LogP contribution in [0.15, 0.2) is 182 Å². The van der Waals surface area contributed by atoms with Crippen LogP contribution in [0, 0.1) is 11.8 Å². The van der Waals surface area contributed by atoms with Crippen LogP contribution >= 0.6 is 0 Å². The monoisotopic (exact) mass is 836 g/mol. The molecule has 2 atom stereocenters. The molecule has 6 nitrogen and oxygen atoms in total. The van der Waals surface area contributed by atoms with Gasteiger partial charge >= 0.3 is 0 Å². The van der Waals surface area contributed by atoms with Crippen LogP contribution in [0.2, 0.25) is 0 Å². The van der Waals surface area contributed by atoms with Crippen molar-refractivity contribution in [2.24, 2.45) is 11.8 Å². The summed E-state index contributed by atoms with van der Waals surface area (Å²) in [5.41, 5.74) is 15.9. The van der Waals surface area contributed by atoms with E-state index in [-0.39, 0.29) is 0 Å². The standard InChI is InChI=1S/C59H44N6/c1-37-26-30-53-49(32-37)46-23-13-14-24-51(46)63(53)43-34-41(59-61-57(39-16-6-3-7-17-39)60-58(62-59)40-18-8-4-9-19-40)35-44(36-43)65-54-31-27-38(2)33-50(54)48-29-28-47-45-22-12-15-25-52(45)64(55(47)56(48)65)42-20-10-5-11-21-42/h3-31,34-38H,32-33H2,1-2H3. The predicted molar refractivity (Wildman–Crippen MR) is 268 cm³/mol. The Morgan fingerprint density at radius 2 is 0.846 bits per heavy atom. The molecule has 2 aliphatic carbocycles. The third kappa shape index (κ3) is 5.97. The minimum atomic E-state index is 0.407. The molecule has 65 heavy (non-hydrogen) atoms. The molecular weight excluding hydrogens is 793 g/mol.